The maximum absolute atomic E-state index is 13.0. The average molecular weight is 461 g/mol. The summed E-state index contributed by atoms with van der Waals surface area (Å²) in [5, 5.41) is 10.4. The molecule has 5 nitrogen and oxygen atoms in total. The number of para-hydroxylation sites is 1. The summed E-state index contributed by atoms with van der Waals surface area (Å²) in [6, 6.07) is 23.2. The summed E-state index contributed by atoms with van der Waals surface area (Å²) in [7, 11) is 0. The van der Waals surface area contributed by atoms with Gasteiger partial charge in [0.2, 0.25) is 0 Å². The monoisotopic (exact) mass is 460 g/mol. The average Bonchev–Trinajstić information content (AvgIpc) is 2.88. The van der Waals surface area contributed by atoms with Crippen molar-refractivity contribution in [1.82, 2.24) is 4.90 Å². The Morgan fingerprint density at radius 1 is 0.941 bits per heavy atom. The lowest BCUT2D eigenvalue weighted by atomic mass is 10.1. The number of carbonyl (C=O) groups excluding carboxylic acids is 1. The van der Waals surface area contributed by atoms with Crippen molar-refractivity contribution in [2.45, 2.75) is 6.10 Å². The summed E-state index contributed by atoms with van der Waals surface area (Å²) in [6.07, 6.45) is 2.52. The Hall–Kier alpha value is -3.48. The van der Waals surface area contributed by atoms with Crippen LogP contribution in [0.15, 0.2) is 84.9 Å². The Bertz CT molecular complexity index is 1080. The van der Waals surface area contributed by atoms with Crippen LogP contribution in [0.5, 0.6) is 5.75 Å². The molecule has 1 unspecified atom stereocenters. The van der Waals surface area contributed by atoms with Gasteiger partial charge < -0.3 is 14.7 Å². The molecule has 4 rings (SSSR count). The first kappa shape index (κ1) is 23.7. The van der Waals surface area contributed by atoms with Gasteiger partial charge in [0.15, 0.2) is 5.78 Å². The molecule has 3 aromatic carbocycles. The number of carbonyl (C=O) groups is 1. The molecule has 0 radical (unpaired) electrons. The Morgan fingerprint density at radius 2 is 1.62 bits per heavy atom. The van der Waals surface area contributed by atoms with Gasteiger partial charge in [-0.15, -0.1) is 0 Å². The van der Waals surface area contributed by atoms with E-state index in [4.69, 9.17) is 4.74 Å². The second-order valence-corrected chi connectivity index (χ2v) is 8.36. The molecular weight excluding hydrogens is 431 g/mol. The number of aliphatic hydroxyl groups is 1. The number of benzene rings is 3. The van der Waals surface area contributed by atoms with E-state index in [0.717, 1.165) is 31.7 Å². The third-order valence-corrected chi connectivity index (χ3v) is 5.84. The molecule has 0 spiro atoms. The number of halogens is 1. The number of piperazine rings is 1. The predicted molar refractivity (Wildman–Crippen MR) is 133 cm³/mol. The quantitative estimate of drug-likeness (QED) is 0.382. The molecule has 176 valence electrons. The highest BCUT2D eigenvalue weighted by Gasteiger charge is 2.19. The van der Waals surface area contributed by atoms with Crippen LogP contribution in [0.2, 0.25) is 0 Å². The third-order valence-electron chi connectivity index (χ3n) is 5.84. The van der Waals surface area contributed by atoms with Crippen molar-refractivity contribution in [3.05, 3.63) is 102 Å². The van der Waals surface area contributed by atoms with Gasteiger partial charge in [0, 0.05) is 44.0 Å². The molecule has 34 heavy (non-hydrogen) atoms. The molecule has 3 aromatic rings. The normalized spacial score (nSPS) is 15.4. The molecule has 0 saturated carbocycles. The van der Waals surface area contributed by atoms with E-state index < -0.39 is 6.10 Å². The van der Waals surface area contributed by atoms with Crippen molar-refractivity contribution in [2.24, 2.45) is 0 Å². The molecule has 1 aliphatic rings. The molecule has 0 aromatic heterocycles. The first-order valence-electron chi connectivity index (χ1n) is 11.5. The fourth-order valence-corrected chi connectivity index (χ4v) is 3.93. The lowest BCUT2D eigenvalue weighted by Crippen LogP contribution is -2.49. The summed E-state index contributed by atoms with van der Waals surface area (Å²) in [5.41, 5.74) is 2.52. The summed E-state index contributed by atoms with van der Waals surface area (Å²) in [5.74, 6) is 0.146. The Morgan fingerprint density at radius 3 is 2.29 bits per heavy atom. The van der Waals surface area contributed by atoms with Crippen LogP contribution < -0.4 is 9.64 Å². The molecule has 1 heterocycles. The van der Waals surface area contributed by atoms with Gasteiger partial charge in [-0.2, -0.15) is 0 Å². The number of hydrogen-bond donors (Lipinski definition) is 1. The third kappa shape index (κ3) is 6.76. The summed E-state index contributed by atoms with van der Waals surface area (Å²) in [4.78, 5) is 17.0. The maximum atomic E-state index is 13.0. The first-order chi connectivity index (χ1) is 16.6. The molecule has 0 aliphatic carbocycles. The number of hydrogen-bond acceptors (Lipinski definition) is 5. The number of nitrogens with zero attached hydrogens (tertiary/aromatic N) is 2. The Balaban J connectivity index is 1.19. The number of anilines is 1. The van der Waals surface area contributed by atoms with Gasteiger partial charge >= 0.3 is 0 Å². The van der Waals surface area contributed by atoms with E-state index in [1.807, 2.05) is 6.07 Å². The van der Waals surface area contributed by atoms with Crippen LogP contribution in [0.4, 0.5) is 10.1 Å². The van der Waals surface area contributed by atoms with Crippen molar-refractivity contribution in [3.8, 4) is 5.75 Å². The molecule has 1 fully saturated rings. The number of ketones is 1. The lowest BCUT2D eigenvalue weighted by Gasteiger charge is -2.36. The van der Waals surface area contributed by atoms with Crippen molar-refractivity contribution in [2.75, 3.05) is 44.2 Å². The van der Waals surface area contributed by atoms with Crippen LogP contribution in [-0.4, -0.2) is 61.2 Å². The van der Waals surface area contributed by atoms with Gasteiger partial charge in [-0.3, -0.25) is 9.69 Å². The smallest absolute Gasteiger partial charge is 0.185 e. The van der Waals surface area contributed by atoms with Crippen LogP contribution in [0.25, 0.3) is 6.08 Å². The second kappa shape index (κ2) is 11.6. The van der Waals surface area contributed by atoms with E-state index in [-0.39, 0.29) is 18.2 Å². The van der Waals surface area contributed by atoms with Crippen LogP contribution in [0, 0.1) is 5.82 Å². The Labute approximate surface area is 199 Å². The van der Waals surface area contributed by atoms with Gasteiger partial charge in [-0.05, 0) is 60.2 Å². The molecule has 0 amide bonds. The summed E-state index contributed by atoms with van der Waals surface area (Å²) >= 11 is 0. The van der Waals surface area contributed by atoms with E-state index >= 15 is 0 Å². The number of aliphatic hydroxyl groups excluding tert-OH is 1. The van der Waals surface area contributed by atoms with E-state index in [1.165, 1.54) is 23.9 Å². The molecule has 1 N–H and O–H groups in total. The standard InChI is InChI=1S/C28H29FN2O3/c29-24-11-6-22(7-12-24)8-15-28(33)23-9-13-27(14-10-23)34-21-26(32)20-30-16-18-31(19-17-30)25-4-2-1-3-5-25/h1-15,26,32H,16-21H2/b15-8+. The number of β-amino-alcohol motifs (C(OH)–C–C–N with tert-alkyl or cyclic N) is 1. The summed E-state index contributed by atoms with van der Waals surface area (Å²) < 4.78 is 18.7. The molecule has 1 aliphatic heterocycles. The highest BCUT2D eigenvalue weighted by molar-refractivity contribution is 6.06. The maximum Gasteiger partial charge on any atom is 0.185 e. The minimum Gasteiger partial charge on any atom is -0.491 e. The summed E-state index contributed by atoms with van der Waals surface area (Å²) in [6.45, 7) is 4.41. The van der Waals surface area contributed by atoms with Gasteiger partial charge in [0.05, 0.1) is 0 Å². The van der Waals surface area contributed by atoms with E-state index in [0.29, 0.717) is 17.9 Å². The highest BCUT2D eigenvalue weighted by Crippen LogP contribution is 2.17. The van der Waals surface area contributed by atoms with E-state index in [2.05, 4.69) is 34.1 Å². The van der Waals surface area contributed by atoms with Crippen LogP contribution in [-0.2, 0) is 0 Å². The lowest BCUT2D eigenvalue weighted by molar-refractivity contribution is 0.0663. The minimum atomic E-state index is -0.594. The first-order valence-corrected chi connectivity index (χ1v) is 11.5. The van der Waals surface area contributed by atoms with Gasteiger partial charge in [0.25, 0.3) is 0 Å². The van der Waals surface area contributed by atoms with E-state index in [9.17, 15) is 14.3 Å². The minimum absolute atomic E-state index is 0.148. The number of allylic oxidation sites excluding steroid dienone is 1. The Kier molecular flexibility index (Phi) is 8.07. The van der Waals surface area contributed by atoms with Crippen molar-refractivity contribution < 1.29 is 19.0 Å². The van der Waals surface area contributed by atoms with Gasteiger partial charge in [0.1, 0.15) is 24.3 Å². The zero-order chi connectivity index (χ0) is 23.8. The van der Waals surface area contributed by atoms with Crippen molar-refractivity contribution in [1.29, 1.82) is 0 Å². The molecule has 1 saturated heterocycles. The number of rotatable bonds is 9. The van der Waals surface area contributed by atoms with Crippen LogP contribution in [0.3, 0.4) is 0 Å². The zero-order valence-corrected chi connectivity index (χ0v) is 19.0. The fourth-order valence-electron chi connectivity index (χ4n) is 3.93. The largest absolute Gasteiger partial charge is 0.491 e. The molecule has 1 atom stereocenters. The topological polar surface area (TPSA) is 53.0 Å². The van der Waals surface area contributed by atoms with Crippen LogP contribution >= 0.6 is 0 Å². The van der Waals surface area contributed by atoms with Gasteiger partial charge in [-0.1, -0.05) is 36.4 Å². The van der Waals surface area contributed by atoms with Crippen LogP contribution in [0.1, 0.15) is 15.9 Å². The second-order valence-electron chi connectivity index (χ2n) is 8.36. The number of ether oxygens (including phenoxy) is 1. The predicted octanol–water partition coefficient (Wildman–Crippen LogP) is 4.28. The SMILES string of the molecule is O=C(/C=C/c1ccc(F)cc1)c1ccc(OCC(O)CN2CCN(c3ccccc3)CC2)cc1. The highest BCUT2D eigenvalue weighted by atomic mass is 19.1. The van der Waals surface area contributed by atoms with Crippen molar-refractivity contribution >= 4 is 17.5 Å². The van der Waals surface area contributed by atoms with E-state index in [1.54, 1.807) is 42.5 Å². The van der Waals surface area contributed by atoms with Gasteiger partial charge in [-0.25, -0.2) is 4.39 Å². The molecular formula is C28H29FN2O3. The van der Waals surface area contributed by atoms with Crippen molar-refractivity contribution in [3.63, 3.8) is 0 Å². The zero-order valence-electron chi connectivity index (χ0n) is 19.0. The fraction of sp³-hybridized carbons (Fsp3) is 0.250. The molecule has 6 heteroatoms. The molecule has 0 bridgehead atoms.